The highest BCUT2D eigenvalue weighted by Crippen LogP contribution is 2.32. The van der Waals surface area contributed by atoms with Crippen LogP contribution in [-0.2, 0) is 5.41 Å². The second kappa shape index (κ2) is 5.66. The number of halogens is 2. The molecule has 5 heteroatoms. The molecule has 0 bridgehead atoms. The highest BCUT2D eigenvalue weighted by Gasteiger charge is 2.24. The third kappa shape index (κ3) is 3.36. The first-order chi connectivity index (χ1) is 9.70. The molecule has 0 unspecified atom stereocenters. The molecule has 3 nitrogen and oxygen atoms in total. The number of pyridine rings is 1. The third-order valence-corrected chi connectivity index (χ3v) is 3.61. The Hall–Kier alpha value is -1.58. The Morgan fingerprint density at radius 3 is 2.38 bits per heavy atom. The summed E-state index contributed by atoms with van der Waals surface area (Å²) in [5.41, 5.74) is 1.62. The van der Waals surface area contributed by atoms with Gasteiger partial charge in [0.15, 0.2) is 0 Å². The van der Waals surface area contributed by atoms with Crippen LogP contribution >= 0.6 is 23.2 Å². The van der Waals surface area contributed by atoms with Crippen molar-refractivity contribution in [3.8, 4) is 11.3 Å². The molecule has 2 aromatic rings. The van der Waals surface area contributed by atoms with Crippen molar-refractivity contribution < 1.29 is 9.90 Å². The summed E-state index contributed by atoms with van der Waals surface area (Å²) in [6.07, 6.45) is 0. The zero-order valence-electron chi connectivity index (χ0n) is 11.9. The summed E-state index contributed by atoms with van der Waals surface area (Å²) < 4.78 is 0. The lowest BCUT2D eigenvalue weighted by molar-refractivity contribution is 0.0693. The van der Waals surface area contributed by atoms with Crippen LogP contribution in [-0.4, -0.2) is 16.1 Å². The number of hydrogen-bond acceptors (Lipinski definition) is 2. The van der Waals surface area contributed by atoms with Gasteiger partial charge in [-0.3, -0.25) is 4.98 Å². The molecule has 0 aliphatic rings. The zero-order valence-corrected chi connectivity index (χ0v) is 13.5. The summed E-state index contributed by atoms with van der Waals surface area (Å²) in [6, 6.07) is 8.32. The Labute approximate surface area is 133 Å². The van der Waals surface area contributed by atoms with Gasteiger partial charge in [-0.1, -0.05) is 44.0 Å². The lowest BCUT2D eigenvalue weighted by Gasteiger charge is -2.21. The molecule has 0 aliphatic heterocycles. The van der Waals surface area contributed by atoms with Gasteiger partial charge in [0.2, 0.25) is 0 Å². The van der Waals surface area contributed by atoms with Crippen molar-refractivity contribution in [2.45, 2.75) is 26.2 Å². The average molecular weight is 324 g/mol. The molecule has 0 aliphatic carbocycles. The molecular weight excluding hydrogens is 309 g/mol. The molecule has 1 aromatic heterocycles. The van der Waals surface area contributed by atoms with E-state index in [1.54, 1.807) is 30.3 Å². The Morgan fingerprint density at radius 1 is 1.14 bits per heavy atom. The number of benzene rings is 1. The molecule has 0 saturated heterocycles. The number of aromatic carboxylic acids is 1. The van der Waals surface area contributed by atoms with Gasteiger partial charge in [-0.2, -0.15) is 0 Å². The van der Waals surface area contributed by atoms with Gasteiger partial charge in [-0.25, -0.2) is 4.79 Å². The van der Waals surface area contributed by atoms with Gasteiger partial charge in [0.05, 0.1) is 22.0 Å². The molecule has 1 heterocycles. The van der Waals surface area contributed by atoms with Gasteiger partial charge >= 0.3 is 5.97 Å². The summed E-state index contributed by atoms with van der Waals surface area (Å²) in [7, 11) is 0. The van der Waals surface area contributed by atoms with Crippen molar-refractivity contribution in [1.82, 2.24) is 4.98 Å². The second-order valence-electron chi connectivity index (χ2n) is 5.77. The number of carboxylic acids is 1. The fraction of sp³-hybridized carbons (Fsp3) is 0.250. The van der Waals surface area contributed by atoms with Crippen LogP contribution < -0.4 is 0 Å². The van der Waals surface area contributed by atoms with Crippen molar-refractivity contribution in [3.63, 3.8) is 0 Å². The highest BCUT2D eigenvalue weighted by atomic mass is 35.5. The van der Waals surface area contributed by atoms with Crippen molar-refractivity contribution in [3.05, 3.63) is 51.6 Å². The molecule has 110 valence electrons. The minimum absolute atomic E-state index is 0.199. The fourth-order valence-corrected chi connectivity index (χ4v) is 2.43. The normalized spacial score (nSPS) is 11.5. The minimum Gasteiger partial charge on any atom is -0.478 e. The molecule has 0 amide bonds. The van der Waals surface area contributed by atoms with Crippen LogP contribution in [0.4, 0.5) is 0 Å². The van der Waals surface area contributed by atoms with E-state index in [9.17, 15) is 9.90 Å². The van der Waals surface area contributed by atoms with E-state index >= 15 is 0 Å². The van der Waals surface area contributed by atoms with Crippen LogP contribution in [0.15, 0.2) is 30.3 Å². The lowest BCUT2D eigenvalue weighted by Crippen LogP contribution is -2.19. The largest absolute Gasteiger partial charge is 0.478 e. The molecule has 2 rings (SSSR count). The smallest absolute Gasteiger partial charge is 0.337 e. The number of rotatable bonds is 2. The monoisotopic (exact) mass is 323 g/mol. The Morgan fingerprint density at radius 2 is 1.81 bits per heavy atom. The quantitative estimate of drug-likeness (QED) is 0.841. The number of aromatic nitrogens is 1. The van der Waals surface area contributed by atoms with Gasteiger partial charge in [0, 0.05) is 16.0 Å². The maximum atomic E-state index is 11.4. The van der Waals surface area contributed by atoms with Crippen molar-refractivity contribution in [1.29, 1.82) is 0 Å². The number of carboxylic acid groups (broad SMARTS) is 1. The van der Waals surface area contributed by atoms with Crippen LogP contribution in [0, 0.1) is 0 Å². The van der Waals surface area contributed by atoms with Crippen LogP contribution in [0.5, 0.6) is 0 Å². The van der Waals surface area contributed by atoms with Crippen LogP contribution in [0.25, 0.3) is 11.3 Å². The van der Waals surface area contributed by atoms with Gasteiger partial charge in [0.1, 0.15) is 0 Å². The van der Waals surface area contributed by atoms with E-state index in [2.05, 4.69) is 4.98 Å². The van der Waals surface area contributed by atoms with E-state index in [0.717, 1.165) is 0 Å². The summed E-state index contributed by atoms with van der Waals surface area (Å²) in [6.45, 7) is 5.77. The highest BCUT2D eigenvalue weighted by molar-refractivity contribution is 6.35. The molecule has 1 aromatic carbocycles. The first-order valence-corrected chi connectivity index (χ1v) is 7.16. The molecule has 1 N–H and O–H groups in total. The van der Waals surface area contributed by atoms with Gasteiger partial charge in [-0.05, 0) is 30.3 Å². The first kappa shape index (κ1) is 15.8. The Bertz CT molecular complexity index is 706. The van der Waals surface area contributed by atoms with Crippen molar-refractivity contribution in [2.24, 2.45) is 0 Å². The number of nitrogens with zero attached hydrogens (tertiary/aromatic N) is 1. The SMILES string of the molecule is CC(C)(C)c1nc(-c2cc(Cl)ccc2Cl)ccc1C(=O)O. The molecule has 0 radical (unpaired) electrons. The summed E-state index contributed by atoms with van der Waals surface area (Å²) in [4.78, 5) is 15.9. The predicted molar refractivity (Wildman–Crippen MR) is 85.4 cm³/mol. The molecule has 0 saturated carbocycles. The summed E-state index contributed by atoms with van der Waals surface area (Å²) >= 11 is 12.2. The molecule has 0 fully saturated rings. The molecule has 21 heavy (non-hydrogen) atoms. The molecule has 0 atom stereocenters. The fourth-order valence-electron chi connectivity index (χ4n) is 2.05. The second-order valence-corrected chi connectivity index (χ2v) is 6.62. The lowest BCUT2D eigenvalue weighted by atomic mass is 9.88. The first-order valence-electron chi connectivity index (χ1n) is 6.40. The van der Waals surface area contributed by atoms with E-state index in [1.807, 2.05) is 20.8 Å². The van der Waals surface area contributed by atoms with E-state index in [4.69, 9.17) is 23.2 Å². The standard InChI is InChI=1S/C16H15Cl2NO2/c1-16(2,3)14-10(15(20)21)5-7-13(19-14)11-8-9(17)4-6-12(11)18/h4-8H,1-3H3,(H,20,21). The summed E-state index contributed by atoms with van der Waals surface area (Å²) in [5.74, 6) is -0.990. The van der Waals surface area contributed by atoms with Crippen molar-refractivity contribution in [2.75, 3.05) is 0 Å². The van der Waals surface area contributed by atoms with E-state index in [0.29, 0.717) is 27.0 Å². The van der Waals surface area contributed by atoms with E-state index in [1.165, 1.54) is 0 Å². The number of carbonyl (C=O) groups is 1. The van der Waals surface area contributed by atoms with E-state index in [-0.39, 0.29) is 5.56 Å². The zero-order chi connectivity index (χ0) is 15.8. The van der Waals surface area contributed by atoms with Crippen LogP contribution in [0.1, 0.15) is 36.8 Å². The maximum absolute atomic E-state index is 11.4. The van der Waals surface area contributed by atoms with E-state index < -0.39 is 11.4 Å². The minimum atomic E-state index is -0.990. The molecule has 0 spiro atoms. The van der Waals surface area contributed by atoms with Crippen LogP contribution in [0.2, 0.25) is 10.0 Å². The van der Waals surface area contributed by atoms with Crippen molar-refractivity contribution >= 4 is 29.2 Å². The van der Waals surface area contributed by atoms with Gasteiger partial charge in [-0.15, -0.1) is 0 Å². The summed E-state index contributed by atoms with van der Waals surface area (Å²) in [5, 5.41) is 10.4. The van der Waals surface area contributed by atoms with Gasteiger partial charge < -0.3 is 5.11 Å². The third-order valence-electron chi connectivity index (χ3n) is 3.04. The molecular formula is C16H15Cl2NO2. The predicted octanol–water partition coefficient (Wildman–Crippen LogP) is 5.05. The number of hydrogen-bond donors (Lipinski definition) is 1. The Kier molecular flexibility index (Phi) is 4.26. The maximum Gasteiger partial charge on any atom is 0.337 e. The van der Waals surface area contributed by atoms with Crippen LogP contribution in [0.3, 0.4) is 0 Å². The van der Waals surface area contributed by atoms with Gasteiger partial charge in [0.25, 0.3) is 0 Å². The Balaban J connectivity index is 2.67. The average Bonchev–Trinajstić information content (AvgIpc) is 2.40. The topological polar surface area (TPSA) is 50.2 Å².